The Morgan fingerprint density at radius 3 is 1.20 bits per heavy atom. The fourth-order valence-corrected chi connectivity index (χ4v) is 1.73. The Bertz CT molecular complexity index is 291. The molecule has 0 rings (SSSR count). The van der Waals surface area contributed by atoms with Gasteiger partial charge >= 0.3 is 17.9 Å². The highest BCUT2D eigenvalue weighted by molar-refractivity contribution is 5.71. The molecule has 0 heterocycles. The molecule has 0 unspecified atom stereocenters. The molecule has 0 amide bonds. The highest BCUT2D eigenvalue weighted by Crippen LogP contribution is 2.23. The summed E-state index contributed by atoms with van der Waals surface area (Å²) in [5, 5.41) is 0. The zero-order valence-corrected chi connectivity index (χ0v) is 12.3. The smallest absolute Gasteiger partial charge is 0.305 e. The number of rotatable bonds is 9. The zero-order chi connectivity index (χ0) is 15.6. The third-order valence-corrected chi connectivity index (χ3v) is 3.16. The lowest BCUT2D eigenvalue weighted by Gasteiger charge is -2.28. The molecule has 0 fully saturated rings. The van der Waals surface area contributed by atoms with Crippen molar-refractivity contribution in [2.45, 2.75) is 44.1 Å². The van der Waals surface area contributed by atoms with E-state index in [1.54, 1.807) is 0 Å². The van der Waals surface area contributed by atoms with Crippen LogP contribution in [0.1, 0.15) is 38.5 Å². The highest BCUT2D eigenvalue weighted by atomic mass is 16.5. The van der Waals surface area contributed by atoms with E-state index in [0.29, 0.717) is 19.3 Å². The molecule has 0 aliphatic rings. The summed E-state index contributed by atoms with van der Waals surface area (Å²) in [5.74, 6) is -1.14. The van der Waals surface area contributed by atoms with E-state index in [0.717, 1.165) is 0 Å². The minimum atomic E-state index is -0.809. The van der Waals surface area contributed by atoms with Gasteiger partial charge in [0.15, 0.2) is 0 Å². The van der Waals surface area contributed by atoms with Gasteiger partial charge in [0, 0.05) is 24.8 Å². The largest absolute Gasteiger partial charge is 0.469 e. The Kier molecular flexibility index (Phi) is 8.54. The highest BCUT2D eigenvalue weighted by Gasteiger charge is 2.28. The van der Waals surface area contributed by atoms with Crippen molar-refractivity contribution in [1.29, 1.82) is 0 Å². The van der Waals surface area contributed by atoms with Gasteiger partial charge in [-0.3, -0.25) is 14.4 Å². The van der Waals surface area contributed by atoms with Crippen LogP contribution < -0.4 is 5.73 Å². The van der Waals surface area contributed by atoms with Crippen LogP contribution in [-0.4, -0.2) is 44.8 Å². The van der Waals surface area contributed by atoms with Crippen molar-refractivity contribution in [3.05, 3.63) is 0 Å². The van der Waals surface area contributed by atoms with Crippen LogP contribution in [0.3, 0.4) is 0 Å². The molecule has 0 aromatic carbocycles. The van der Waals surface area contributed by atoms with E-state index >= 15 is 0 Å². The summed E-state index contributed by atoms with van der Waals surface area (Å²) in [7, 11) is 3.89. The molecule has 0 spiro atoms. The number of methoxy groups -OCH3 is 3. The number of carbonyl (C=O) groups is 3. The lowest BCUT2D eigenvalue weighted by molar-refractivity contribution is -0.141. The Labute approximate surface area is 118 Å². The second-order valence-electron chi connectivity index (χ2n) is 4.59. The lowest BCUT2D eigenvalue weighted by Crippen LogP contribution is -2.41. The number of carbonyl (C=O) groups excluding carboxylic acids is 3. The summed E-state index contributed by atoms with van der Waals surface area (Å²) in [4.78, 5) is 33.6. The molecule has 0 aromatic heterocycles. The van der Waals surface area contributed by atoms with Crippen LogP contribution in [0.4, 0.5) is 0 Å². The molecular formula is C13H23NO6. The van der Waals surface area contributed by atoms with Crippen molar-refractivity contribution in [2.24, 2.45) is 5.73 Å². The molecular weight excluding hydrogens is 266 g/mol. The van der Waals surface area contributed by atoms with Crippen LogP contribution >= 0.6 is 0 Å². The van der Waals surface area contributed by atoms with Crippen molar-refractivity contribution in [3.8, 4) is 0 Å². The third kappa shape index (κ3) is 7.73. The van der Waals surface area contributed by atoms with Crippen LogP contribution in [0.2, 0.25) is 0 Å². The standard InChI is InChI=1S/C13H23NO6/c1-18-10(15)4-7-13(14,8-5-11(16)19-2)9-6-12(17)20-3/h4-9,14H2,1-3H3. The van der Waals surface area contributed by atoms with Gasteiger partial charge in [-0.15, -0.1) is 0 Å². The topological polar surface area (TPSA) is 105 Å². The quantitative estimate of drug-likeness (QED) is 0.488. The molecule has 0 saturated heterocycles. The predicted molar refractivity (Wildman–Crippen MR) is 70.7 cm³/mol. The van der Waals surface area contributed by atoms with Crippen LogP contribution in [0.5, 0.6) is 0 Å². The van der Waals surface area contributed by atoms with Gasteiger partial charge in [0.1, 0.15) is 0 Å². The van der Waals surface area contributed by atoms with Crippen molar-refractivity contribution in [2.75, 3.05) is 21.3 Å². The molecule has 7 nitrogen and oxygen atoms in total. The van der Waals surface area contributed by atoms with E-state index in [9.17, 15) is 14.4 Å². The van der Waals surface area contributed by atoms with Gasteiger partial charge in [0.05, 0.1) is 21.3 Å². The fraction of sp³-hybridized carbons (Fsp3) is 0.769. The van der Waals surface area contributed by atoms with E-state index in [4.69, 9.17) is 5.73 Å². The maximum Gasteiger partial charge on any atom is 0.305 e. The van der Waals surface area contributed by atoms with E-state index < -0.39 is 5.54 Å². The van der Waals surface area contributed by atoms with Gasteiger partial charge in [-0.1, -0.05) is 0 Å². The fourth-order valence-electron chi connectivity index (χ4n) is 1.73. The van der Waals surface area contributed by atoms with Gasteiger partial charge in [0.25, 0.3) is 0 Å². The summed E-state index contributed by atoms with van der Waals surface area (Å²) >= 11 is 0. The molecule has 0 saturated carbocycles. The number of ether oxygens (including phenoxy) is 3. The van der Waals surface area contributed by atoms with E-state index in [1.807, 2.05) is 0 Å². The Hall–Kier alpha value is -1.63. The Morgan fingerprint density at radius 2 is 1.00 bits per heavy atom. The van der Waals surface area contributed by atoms with E-state index in [-0.39, 0.29) is 37.2 Å². The molecule has 0 atom stereocenters. The summed E-state index contributed by atoms with van der Waals surface area (Å²) in [6.07, 6.45) is 1.38. The van der Waals surface area contributed by atoms with E-state index in [1.165, 1.54) is 21.3 Å². The van der Waals surface area contributed by atoms with Crippen molar-refractivity contribution < 1.29 is 28.6 Å². The maximum atomic E-state index is 11.2. The van der Waals surface area contributed by atoms with Gasteiger partial charge in [-0.05, 0) is 19.3 Å². The molecule has 2 N–H and O–H groups in total. The van der Waals surface area contributed by atoms with Gasteiger partial charge in [-0.2, -0.15) is 0 Å². The first kappa shape index (κ1) is 18.4. The Morgan fingerprint density at radius 1 is 0.750 bits per heavy atom. The average Bonchev–Trinajstić information content (AvgIpc) is 2.47. The first-order valence-corrected chi connectivity index (χ1v) is 6.36. The SMILES string of the molecule is COC(=O)CCC(N)(CCC(=O)OC)CCC(=O)OC. The maximum absolute atomic E-state index is 11.2. The second kappa shape index (κ2) is 9.30. The van der Waals surface area contributed by atoms with Gasteiger partial charge in [-0.25, -0.2) is 0 Å². The first-order valence-electron chi connectivity index (χ1n) is 6.36. The summed E-state index contributed by atoms with van der Waals surface area (Å²) in [6, 6.07) is 0. The van der Waals surface area contributed by atoms with Crippen molar-refractivity contribution >= 4 is 17.9 Å². The molecule has 0 aliphatic heterocycles. The molecule has 20 heavy (non-hydrogen) atoms. The van der Waals surface area contributed by atoms with Crippen LogP contribution in [0.15, 0.2) is 0 Å². The summed E-state index contributed by atoms with van der Waals surface area (Å²) < 4.78 is 13.7. The summed E-state index contributed by atoms with van der Waals surface area (Å²) in [6.45, 7) is 0. The molecule has 0 aromatic rings. The molecule has 0 radical (unpaired) electrons. The predicted octanol–water partition coefficient (Wildman–Crippen LogP) is 0.544. The zero-order valence-electron chi connectivity index (χ0n) is 12.3. The van der Waals surface area contributed by atoms with Crippen LogP contribution in [0.25, 0.3) is 0 Å². The third-order valence-electron chi connectivity index (χ3n) is 3.16. The monoisotopic (exact) mass is 289 g/mol. The summed E-state index contributed by atoms with van der Waals surface area (Å²) in [5.41, 5.74) is 5.37. The lowest BCUT2D eigenvalue weighted by atomic mass is 9.85. The van der Waals surface area contributed by atoms with Crippen molar-refractivity contribution in [3.63, 3.8) is 0 Å². The van der Waals surface area contributed by atoms with Crippen LogP contribution in [0, 0.1) is 0 Å². The molecule has 0 aliphatic carbocycles. The normalized spacial score (nSPS) is 10.8. The average molecular weight is 289 g/mol. The number of esters is 3. The minimum Gasteiger partial charge on any atom is -0.469 e. The molecule has 7 heteroatoms. The van der Waals surface area contributed by atoms with Gasteiger partial charge in [0.2, 0.25) is 0 Å². The minimum absolute atomic E-state index is 0.134. The van der Waals surface area contributed by atoms with E-state index in [2.05, 4.69) is 14.2 Å². The first-order chi connectivity index (χ1) is 9.36. The van der Waals surface area contributed by atoms with Crippen molar-refractivity contribution in [1.82, 2.24) is 0 Å². The molecule has 0 bridgehead atoms. The molecule has 116 valence electrons. The van der Waals surface area contributed by atoms with Gasteiger partial charge < -0.3 is 19.9 Å². The number of nitrogens with two attached hydrogens (primary N) is 1. The number of hydrogen-bond donors (Lipinski definition) is 1. The number of hydrogen-bond acceptors (Lipinski definition) is 7. The van der Waals surface area contributed by atoms with Crippen LogP contribution in [-0.2, 0) is 28.6 Å². The Balaban J connectivity index is 4.51. The second-order valence-corrected chi connectivity index (χ2v) is 4.59.